The summed E-state index contributed by atoms with van der Waals surface area (Å²) in [6.07, 6.45) is 3.13. The van der Waals surface area contributed by atoms with E-state index in [1.807, 2.05) is 0 Å². The third-order valence-electron chi connectivity index (χ3n) is 4.77. The lowest BCUT2D eigenvalue weighted by atomic mass is 10.0. The summed E-state index contributed by atoms with van der Waals surface area (Å²) in [5.74, 6) is -2.20. The monoisotopic (exact) mass is 405 g/mol. The molecule has 1 aliphatic heterocycles. The molecule has 3 aromatic rings. The first kappa shape index (κ1) is 18.5. The van der Waals surface area contributed by atoms with E-state index in [2.05, 4.69) is 9.97 Å². The predicted octanol–water partition coefficient (Wildman–Crippen LogP) is 0.579. The van der Waals surface area contributed by atoms with Crippen molar-refractivity contribution in [3.63, 3.8) is 0 Å². The topological polar surface area (TPSA) is 135 Å². The number of aliphatic hydroxyl groups is 1. The lowest BCUT2D eigenvalue weighted by Crippen LogP contribution is -2.46. The maximum absolute atomic E-state index is 14.8. The summed E-state index contributed by atoms with van der Waals surface area (Å²) in [6.45, 7) is 0.347. The van der Waals surface area contributed by atoms with E-state index in [4.69, 9.17) is 5.73 Å². The standard InChI is InChI=1S/C17H16FN5O4S/c18-11-5-9-12(25)10(15(26)27)6-23(16-20-2-4-28-16)13(9)21-14(11)22-3-1-17(19,7-22)8-24/h2,4-6,24H,1,3,7-8,19H2,(H,26,27). The van der Waals surface area contributed by atoms with E-state index in [1.165, 1.54) is 22.1 Å². The Balaban J connectivity index is 1.96. The Morgan fingerprint density at radius 1 is 1.46 bits per heavy atom. The summed E-state index contributed by atoms with van der Waals surface area (Å²) in [4.78, 5) is 34.1. The van der Waals surface area contributed by atoms with E-state index in [-0.39, 0.29) is 30.0 Å². The van der Waals surface area contributed by atoms with Crippen LogP contribution in [0.1, 0.15) is 16.8 Å². The quantitative estimate of drug-likeness (QED) is 0.574. The molecule has 0 aromatic carbocycles. The zero-order chi connectivity index (χ0) is 20.1. The lowest BCUT2D eigenvalue weighted by Gasteiger charge is -2.23. The molecule has 0 radical (unpaired) electrons. The van der Waals surface area contributed by atoms with Gasteiger partial charge in [0.25, 0.3) is 0 Å². The van der Waals surface area contributed by atoms with Gasteiger partial charge >= 0.3 is 5.97 Å². The molecule has 4 rings (SSSR count). The third kappa shape index (κ3) is 2.93. The minimum Gasteiger partial charge on any atom is -0.477 e. The van der Waals surface area contributed by atoms with Gasteiger partial charge in [-0.15, -0.1) is 11.3 Å². The van der Waals surface area contributed by atoms with Crippen LogP contribution in [0.25, 0.3) is 16.2 Å². The van der Waals surface area contributed by atoms with Crippen LogP contribution < -0.4 is 16.1 Å². The molecule has 1 saturated heterocycles. The largest absolute Gasteiger partial charge is 0.477 e. The van der Waals surface area contributed by atoms with Crippen molar-refractivity contribution in [2.24, 2.45) is 5.73 Å². The second-order valence-corrected chi connectivity index (χ2v) is 7.59. The molecule has 1 aliphatic rings. The van der Waals surface area contributed by atoms with Crippen molar-refractivity contribution in [3.05, 3.63) is 45.4 Å². The van der Waals surface area contributed by atoms with Crippen molar-refractivity contribution in [3.8, 4) is 5.13 Å². The highest BCUT2D eigenvalue weighted by molar-refractivity contribution is 7.12. The number of fused-ring (bicyclic) bond motifs is 1. The number of nitrogens with zero attached hydrogens (tertiary/aromatic N) is 4. The lowest BCUT2D eigenvalue weighted by molar-refractivity contribution is 0.0695. The predicted molar refractivity (Wildman–Crippen MR) is 101 cm³/mol. The molecule has 11 heteroatoms. The maximum Gasteiger partial charge on any atom is 0.341 e. The Kier molecular flexibility index (Phi) is 4.37. The Hall–Kier alpha value is -2.89. The first-order valence-electron chi connectivity index (χ1n) is 8.37. The number of carboxylic acids is 1. The number of rotatable bonds is 4. The molecule has 1 unspecified atom stereocenters. The fourth-order valence-electron chi connectivity index (χ4n) is 3.27. The molecule has 0 saturated carbocycles. The number of carbonyl (C=O) groups is 1. The number of aromatic nitrogens is 3. The smallest absolute Gasteiger partial charge is 0.341 e. The Morgan fingerprint density at radius 2 is 2.25 bits per heavy atom. The number of anilines is 1. The van der Waals surface area contributed by atoms with Crippen LogP contribution >= 0.6 is 11.3 Å². The minimum atomic E-state index is -1.42. The van der Waals surface area contributed by atoms with Crippen molar-refractivity contribution >= 4 is 34.2 Å². The summed E-state index contributed by atoms with van der Waals surface area (Å²) in [6, 6.07) is 0.992. The van der Waals surface area contributed by atoms with Gasteiger partial charge in [0, 0.05) is 30.9 Å². The second-order valence-electron chi connectivity index (χ2n) is 6.72. The molecule has 28 heavy (non-hydrogen) atoms. The van der Waals surface area contributed by atoms with Crippen LogP contribution in [0, 0.1) is 5.82 Å². The first-order chi connectivity index (χ1) is 13.3. The number of thiazole rings is 1. The molecule has 0 spiro atoms. The van der Waals surface area contributed by atoms with Crippen molar-refractivity contribution in [2.45, 2.75) is 12.0 Å². The van der Waals surface area contributed by atoms with E-state index in [0.29, 0.717) is 18.1 Å². The molecular formula is C17H16FN5O4S. The molecule has 1 atom stereocenters. The second kappa shape index (κ2) is 6.62. The van der Waals surface area contributed by atoms with E-state index in [0.717, 1.165) is 12.3 Å². The number of aliphatic hydroxyl groups excluding tert-OH is 1. The highest BCUT2D eigenvalue weighted by Gasteiger charge is 2.36. The molecule has 146 valence electrons. The number of pyridine rings is 2. The average Bonchev–Trinajstić information content (AvgIpc) is 3.32. The van der Waals surface area contributed by atoms with Crippen LogP contribution in [0.15, 0.2) is 28.6 Å². The molecule has 0 aliphatic carbocycles. The molecule has 4 N–H and O–H groups in total. The summed E-state index contributed by atoms with van der Waals surface area (Å²) < 4.78 is 16.2. The molecule has 0 bridgehead atoms. The van der Waals surface area contributed by atoms with Crippen LogP contribution in [0.4, 0.5) is 10.2 Å². The van der Waals surface area contributed by atoms with Gasteiger partial charge in [-0.2, -0.15) is 0 Å². The van der Waals surface area contributed by atoms with Crippen molar-refractivity contribution in [1.29, 1.82) is 0 Å². The van der Waals surface area contributed by atoms with E-state index in [1.54, 1.807) is 10.3 Å². The number of nitrogens with two attached hydrogens (primary N) is 1. The number of hydrogen-bond acceptors (Lipinski definition) is 8. The van der Waals surface area contributed by atoms with Crippen LogP contribution in [-0.2, 0) is 0 Å². The van der Waals surface area contributed by atoms with Crippen LogP contribution in [0.5, 0.6) is 0 Å². The Bertz CT molecular complexity index is 1130. The van der Waals surface area contributed by atoms with Gasteiger partial charge in [-0.1, -0.05) is 0 Å². The molecule has 0 amide bonds. The van der Waals surface area contributed by atoms with Crippen LogP contribution in [0.3, 0.4) is 0 Å². The molecular weight excluding hydrogens is 389 g/mol. The van der Waals surface area contributed by atoms with Gasteiger partial charge in [-0.05, 0) is 12.5 Å². The number of hydrogen-bond donors (Lipinski definition) is 3. The summed E-state index contributed by atoms with van der Waals surface area (Å²) in [7, 11) is 0. The Labute approximate surface area is 161 Å². The first-order valence-corrected chi connectivity index (χ1v) is 9.25. The molecule has 9 nitrogen and oxygen atoms in total. The molecule has 1 fully saturated rings. The zero-order valence-electron chi connectivity index (χ0n) is 14.5. The third-order valence-corrected chi connectivity index (χ3v) is 5.54. The maximum atomic E-state index is 14.8. The molecule has 4 heterocycles. The highest BCUT2D eigenvalue weighted by atomic mass is 32.1. The number of halogens is 1. The van der Waals surface area contributed by atoms with E-state index < -0.39 is 28.3 Å². The average molecular weight is 405 g/mol. The highest BCUT2D eigenvalue weighted by Crippen LogP contribution is 2.28. The van der Waals surface area contributed by atoms with Gasteiger partial charge in [-0.3, -0.25) is 9.36 Å². The molecule has 3 aromatic heterocycles. The SMILES string of the molecule is NC1(CO)CCN(c2nc3c(cc2F)c(=O)c(C(=O)O)cn3-c2nccs2)C1. The van der Waals surface area contributed by atoms with Crippen molar-refractivity contribution in [1.82, 2.24) is 14.5 Å². The summed E-state index contributed by atoms with van der Waals surface area (Å²) >= 11 is 1.22. The van der Waals surface area contributed by atoms with Crippen molar-refractivity contribution < 1.29 is 19.4 Å². The zero-order valence-corrected chi connectivity index (χ0v) is 15.3. The van der Waals surface area contributed by atoms with Crippen molar-refractivity contribution in [2.75, 3.05) is 24.6 Å². The number of carboxylic acid groups (broad SMARTS) is 1. The van der Waals surface area contributed by atoms with E-state index in [9.17, 15) is 24.2 Å². The summed E-state index contributed by atoms with van der Waals surface area (Å²) in [5.41, 5.74) is 3.98. The van der Waals surface area contributed by atoms with Gasteiger partial charge in [-0.25, -0.2) is 19.2 Å². The van der Waals surface area contributed by atoms with Crippen LogP contribution in [-0.4, -0.2) is 56.0 Å². The van der Waals surface area contributed by atoms with Gasteiger partial charge < -0.3 is 20.8 Å². The van der Waals surface area contributed by atoms with Gasteiger partial charge in [0.1, 0.15) is 5.56 Å². The van der Waals surface area contributed by atoms with Gasteiger partial charge in [0.15, 0.2) is 22.4 Å². The fourth-order valence-corrected chi connectivity index (χ4v) is 3.89. The van der Waals surface area contributed by atoms with Crippen LogP contribution in [0.2, 0.25) is 0 Å². The Morgan fingerprint density at radius 3 is 2.86 bits per heavy atom. The van der Waals surface area contributed by atoms with Gasteiger partial charge in [0.2, 0.25) is 5.43 Å². The fraction of sp³-hybridized carbons (Fsp3) is 0.294. The minimum absolute atomic E-state index is 0.0129. The normalized spacial score (nSPS) is 19.5. The summed E-state index contributed by atoms with van der Waals surface area (Å²) in [5, 5.41) is 20.7. The van der Waals surface area contributed by atoms with E-state index >= 15 is 0 Å². The van der Waals surface area contributed by atoms with Gasteiger partial charge in [0.05, 0.1) is 17.5 Å². The number of aromatic carboxylic acids is 1.